The van der Waals surface area contributed by atoms with Gasteiger partial charge in [0.2, 0.25) is 0 Å². The third-order valence-electron chi connectivity index (χ3n) is 2.01. The van der Waals surface area contributed by atoms with Crippen LogP contribution < -0.4 is 5.73 Å². The molecule has 0 aliphatic carbocycles. The molecule has 3 N–H and O–H groups in total. The van der Waals surface area contributed by atoms with Crippen molar-refractivity contribution in [3.05, 3.63) is 23.1 Å². The summed E-state index contributed by atoms with van der Waals surface area (Å²) in [5.41, 5.74) is 5.89. The quantitative estimate of drug-likeness (QED) is 0.766. The Labute approximate surface area is 94.8 Å². The monoisotopic (exact) mass is 241 g/mol. The largest absolute Gasteiger partial charge is 0.480 e. The van der Waals surface area contributed by atoms with Gasteiger partial charge in [0, 0.05) is 6.42 Å². The van der Waals surface area contributed by atoms with Crippen LogP contribution in [-0.4, -0.2) is 36.9 Å². The molecule has 0 radical (unpaired) electrons. The van der Waals surface area contributed by atoms with Crippen molar-refractivity contribution in [3.8, 4) is 0 Å². The molecule has 0 bridgehead atoms. The molecule has 0 aliphatic rings. The molecule has 0 saturated heterocycles. The smallest absolute Gasteiger partial charge is 0.320 e. The maximum absolute atomic E-state index is 10.6. The van der Waals surface area contributed by atoms with Crippen molar-refractivity contribution in [1.82, 2.24) is 19.8 Å². The number of carboxylic acids is 1. The van der Waals surface area contributed by atoms with Crippen LogP contribution >= 0.6 is 11.6 Å². The zero-order valence-electron chi connectivity index (χ0n) is 8.04. The fourth-order valence-electron chi connectivity index (χ4n) is 1.22. The molecule has 7 nitrogen and oxygen atoms in total. The molecule has 2 aromatic rings. The zero-order valence-corrected chi connectivity index (χ0v) is 8.79. The van der Waals surface area contributed by atoms with Gasteiger partial charge in [-0.15, -0.1) is 10.2 Å². The summed E-state index contributed by atoms with van der Waals surface area (Å²) in [4.78, 5) is 10.6. The van der Waals surface area contributed by atoms with Crippen molar-refractivity contribution in [2.75, 3.05) is 0 Å². The van der Waals surface area contributed by atoms with Gasteiger partial charge < -0.3 is 10.8 Å². The van der Waals surface area contributed by atoms with Gasteiger partial charge in [0.1, 0.15) is 11.2 Å². The van der Waals surface area contributed by atoms with Crippen LogP contribution in [-0.2, 0) is 11.2 Å². The van der Waals surface area contributed by atoms with Crippen molar-refractivity contribution in [1.29, 1.82) is 0 Å². The van der Waals surface area contributed by atoms with Crippen LogP contribution in [0.25, 0.3) is 5.65 Å². The summed E-state index contributed by atoms with van der Waals surface area (Å²) in [6, 6.07) is 2.18. The Morgan fingerprint density at radius 3 is 3.00 bits per heavy atom. The summed E-state index contributed by atoms with van der Waals surface area (Å²) in [6.07, 6.45) is 0.0455. The minimum Gasteiger partial charge on any atom is -0.480 e. The Morgan fingerprint density at radius 1 is 1.56 bits per heavy atom. The van der Waals surface area contributed by atoms with Gasteiger partial charge in [0.25, 0.3) is 0 Å². The second kappa shape index (κ2) is 4.03. The summed E-state index contributed by atoms with van der Waals surface area (Å²) in [7, 11) is 0. The second-order valence-electron chi connectivity index (χ2n) is 3.19. The Balaban J connectivity index is 2.37. The Kier molecular flexibility index (Phi) is 2.71. The van der Waals surface area contributed by atoms with Gasteiger partial charge in [0.15, 0.2) is 11.5 Å². The van der Waals surface area contributed by atoms with Gasteiger partial charge in [-0.1, -0.05) is 11.6 Å². The number of carbonyl (C=O) groups is 1. The summed E-state index contributed by atoms with van der Waals surface area (Å²) >= 11 is 5.71. The van der Waals surface area contributed by atoms with Crippen molar-refractivity contribution in [2.45, 2.75) is 12.5 Å². The number of hydrogen-bond donors (Lipinski definition) is 2. The Bertz CT molecular complexity index is 540. The lowest BCUT2D eigenvalue weighted by atomic mass is 10.2. The van der Waals surface area contributed by atoms with E-state index in [0.29, 0.717) is 11.5 Å². The highest BCUT2D eigenvalue weighted by molar-refractivity contribution is 6.29. The fraction of sp³-hybridized carbons (Fsp3) is 0.250. The van der Waals surface area contributed by atoms with E-state index in [0.717, 1.165) is 0 Å². The first-order valence-corrected chi connectivity index (χ1v) is 4.81. The van der Waals surface area contributed by atoms with Crippen molar-refractivity contribution >= 4 is 23.2 Å². The van der Waals surface area contributed by atoms with Crippen molar-refractivity contribution < 1.29 is 9.90 Å². The van der Waals surface area contributed by atoms with E-state index >= 15 is 0 Å². The highest BCUT2D eigenvalue weighted by Crippen LogP contribution is 2.08. The summed E-state index contributed by atoms with van der Waals surface area (Å²) in [5, 5.41) is 20.5. The Hall–Kier alpha value is -1.73. The predicted octanol–water partition coefficient (Wildman–Crippen LogP) is -0.268. The van der Waals surface area contributed by atoms with Crippen LogP contribution in [0.15, 0.2) is 12.1 Å². The number of fused-ring (bicyclic) bond motifs is 1. The first kappa shape index (κ1) is 10.8. The molecule has 2 aromatic heterocycles. The molecule has 8 heteroatoms. The first-order chi connectivity index (χ1) is 7.58. The number of nitrogens with zero attached hydrogens (tertiary/aromatic N) is 4. The number of aliphatic carboxylic acids is 1. The van der Waals surface area contributed by atoms with E-state index in [1.54, 1.807) is 12.1 Å². The van der Waals surface area contributed by atoms with E-state index in [4.69, 9.17) is 22.4 Å². The number of hydrogen-bond acceptors (Lipinski definition) is 5. The molecule has 0 saturated carbocycles. The average Bonchev–Trinajstić information content (AvgIpc) is 2.61. The van der Waals surface area contributed by atoms with Crippen LogP contribution in [0.5, 0.6) is 0 Å². The Morgan fingerprint density at radius 2 is 2.31 bits per heavy atom. The van der Waals surface area contributed by atoms with Crippen molar-refractivity contribution in [2.24, 2.45) is 5.73 Å². The summed E-state index contributed by atoms with van der Waals surface area (Å²) in [5.74, 6) is -0.730. The molecule has 0 unspecified atom stereocenters. The topological polar surface area (TPSA) is 106 Å². The van der Waals surface area contributed by atoms with Crippen LogP contribution in [0.2, 0.25) is 5.15 Å². The molecule has 0 spiro atoms. The van der Waals surface area contributed by atoms with Crippen LogP contribution in [0.1, 0.15) is 5.82 Å². The van der Waals surface area contributed by atoms with Gasteiger partial charge in [-0.25, -0.2) is 0 Å². The van der Waals surface area contributed by atoms with E-state index in [9.17, 15) is 4.79 Å². The fourth-order valence-corrected chi connectivity index (χ4v) is 1.36. The van der Waals surface area contributed by atoms with Gasteiger partial charge in [-0.3, -0.25) is 4.79 Å². The predicted molar refractivity (Wildman–Crippen MR) is 55.1 cm³/mol. The number of carboxylic acid groups (broad SMARTS) is 1. The van der Waals surface area contributed by atoms with Crippen LogP contribution in [0.4, 0.5) is 0 Å². The molecule has 0 aromatic carbocycles. The molecule has 0 aliphatic heterocycles. The lowest BCUT2D eigenvalue weighted by Gasteiger charge is -2.03. The first-order valence-electron chi connectivity index (χ1n) is 4.43. The molecular formula is C8H8ClN5O2. The molecular weight excluding hydrogens is 234 g/mol. The SMILES string of the molecule is N[C@@H](Cc1nnc2ccc(Cl)nn12)C(=O)O. The lowest BCUT2D eigenvalue weighted by molar-refractivity contribution is -0.138. The van der Waals surface area contributed by atoms with E-state index in [1.165, 1.54) is 4.52 Å². The lowest BCUT2D eigenvalue weighted by Crippen LogP contribution is -2.33. The minimum absolute atomic E-state index is 0.0455. The third kappa shape index (κ3) is 1.95. The number of halogens is 1. The number of nitrogens with two attached hydrogens (primary N) is 1. The van der Waals surface area contributed by atoms with E-state index in [1.807, 2.05) is 0 Å². The summed E-state index contributed by atoms with van der Waals surface area (Å²) in [6.45, 7) is 0. The van der Waals surface area contributed by atoms with Crippen LogP contribution in [0.3, 0.4) is 0 Å². The van der Waals surface area contributed by atoms with Crippen LogP contribution in [0, 0.1) is 0 Å². The van der Waals surface area contributed by atoms with E-state index in [-0.39, 0.29) is 11.6 Å². The number of aromatic nitrogens is 4. The average molecular weight is 242 g/mol. The highest BCUT2D eigenvalue weighted by Gasteiger charge is 2.16. The highest BCUT2D eigenvalue weighted by atomic mass is 35.5. The van der Waals surface area contributed by atoms with E-state index in [2.05, 4.69) is 15.3 Å². The molecule has 2 heterocycles. The minimum atomic E-state index is -1.10. The van der Waals surface area contributed by atoms with Gasteiger partial charge in [-0.05, 0) is 12.1 Å². The molecule has 84 valence electrons. The molecule has 1 atom stereocenters. The zero-order chi connectivity index (χ0) is 11.7. The third-order valence-corrected chi connectivity index (χ3v) is 2.22. The van der Waals surface area contributed by atoms with Crippen molar-refractivity contribution in [3.63, 3.8) is 0 Å². The normalized spacial score (nSPS) is 12.9. The standard InChI is InChI=1S/C8H8ClN5O2/c9-5-1-2-6-11-12-7(14(6)13-5)3-4(10)8(15)16/h1-2,4H,3,10H2,(H,15,16)/t4-/m0/s1. The maximum atomic E-state index is 10.6. The van der Waals surface area contributed by atoms with Gasteiger partial charge >= 0.3 is 5.97 Å². The summed E-state index contributed by atoms with van der Waals surface area (Å²) < 4.78 is 1.38. The second-order valence-corrected chi connectivity index (χ2v) is 3.58. The van der Waals surface area contributed by atoms with Gasteiger partial charge in [-0.2, -0.15) is 9.61 Å². The number of rotatable bonds is 3. The molecule has 16 heavy (non-hydrogen) atoms. The molecule has 0 fully saturated rings. The molecule has 2 rings (SSSR count). The van der Waals surface area contributed by atoms with Gasteiger partial charge in [0.05, 0.1) is 0 Å². The maximum Gasteiger partial charge on any atom is 0.320 e. The molecule has 0 amide bonds. The van der Waals surface area contributed by atoms with E-state index < -0.39 is 12.0 Å².